The molecule has 5 heteroatoms. The van der Waals surface area contributed by atoms with Crippen LogP contribution in [0.25, 0.3) is 0 Å². The topological polar surface area (TPSA) is 90.9 Å². The van der Waals surface area contributed by atoms with Crippen LogP contribution in [0.15, 0.2) is 29.4 Å². The molecule has 0 radical (unpaired) electrons. The number of nitrogens with zero attached hydrogens (tertiary/aromatic N) is 1. The average molecular weight is 277 g/mol. The number of aliphatic hydroxyl groups excluding tert-OH is 1. The zero-order valence-electron chi connectivity index (χ0n) is 11.6. The third-order valence-electron chi connectivity index (χ3n) is 3.96. The number of benzene rings is 1. The second kappa shape index (κ2) is 7.26. The van der Waals surface area contributed by atoms with E-state index in [0.717, 1.165) is 37.9 Å². The summed E-state index contributed by atoms with van der Waals surface area (Å²) in [6.45, 7) is 1.61. The van der Waals surface area contributed by atoms with Gasteiger partial charge in [0.15, 0.2) is 5.84 Å². The molecule has 1 fully saturated rings. The fraction of sp³-hybridized carbons (Fsp3) is 0.533. The first kappa shape index (κ1) is 14.8. The number of hydrogen-bond donors (Lipinski definition) is 4. The molecule has 0 aromatic heterocycles. The van der Waals surface area contributed by atoms with Gasteiger partial charge in [-0.25, -0.2) is 0 Å². The summed E-state index contributed by atoms with van der Waals surface area (Å²) in [7, 11) is 0. The molecule has 1 saturated carbocycles. The third-order valence-corrected chi connectivity index (χ3v) is 3.96. The van der Waals surface area contributed by atoms with Crippen LogP contribution in [0.2, 0.25) is 0 Å². The van der Waals surface area contributed by atoms with Crippen molar-refractivity contribution < 1.29 is 10.3 Å². The van der Waals surface area contributed by atoms with Gasteiger partial charge in [0.25, 0.3) is 0 Å². The summed E-state index contributed by atoms with van der Waals surface area (Å²) in [5.41, 5.74) is 7.36. The monoisotopic (exact) mass is 277 g/mol. The van der Waals surface area contributed by atoms with Crippen molar-refractivity contribution in [2.75, 3.05) is 6.54 Å². The van der Waals surface area contributed by atoms with Gasteiger partial charge < -0.3 is 21.4 Å². The van der Waals surface area contributed by atoms with Gasteiger partial charge in [0.2, 0.25) is 0 Å². The van der Waals surface area contributed by atoms with Crippen molar-refractivity contribution in [1.82, 2.24) is 5.32 Å². The van der Waals surface area contributed by atoms with E-state index < -0.39 is 0 Å². The van der Waals surface area contributed by atoms with Crippen LogP contribution in [0.4, 0.5) is 0 Å². The van der Waals surface area contributed by atoms with Gasteiger partial charge in [0.1, 0.15) is 0 Å². The van der Waals surface area contributed by atoms with Crippen LogP contribution < -0.4 is 11.1 Å². The average Bonchev–Trinajstić information content (AvgIpc) is 2.49. The molecule has 2 atom stereocenters. The molecule has 110 valence electrons. The minimum absolute atomic E-state index is 0.120. The van der Waals surface area contributed by atoms with Crippen molar-refractivity contribution in [2.45, 2.75) is 38.3 Å². The van der Waals surface area contributed by atoms with Gasteiger partial charge in [-0.05, 0) is 24.3 Å². The van der Waals surface area contributed by atoms with E-state index in [1.807, 2.05) is 24.3 Å². The summed E-state index contributed by atoms with van der Waals surface area (Å²) in [4.78, 5) is 0. The van der Waals surface area contributed by atoms with E-state index in [-0.39, 0.29) is 11.9 Å². The standard InChI is InChI=1S/C15H23N3O2/c16-15(18-20)12-7-5-11(6-8-12)9-17-10-13-3-1-2-4-14(13)19/h5-8,13-14,17,19-20H,1-4,9-10H2,(H2,16,18). The number of oxime groups is 1. The maximum atomic E-state index is 9.90. The SMILES string of the molecule is NC(=NO)c1ccc(CNCC2CCCCC2O)cc1. The second-order valence-corrected chi connectivity index (χ2v) is 5.42. The summed E-state index contributed by atoms with van der Waals surface area (Å²) < 4.78 is 0. The molecule has 5 N–H and O–H groups in total. The first-order chi connectivity index (χ1) is 9.70. The smallest absolute Gasteiger partial charge is 0.170 e. The van der Waals surface area contributed by atoms with Crippen molar-refractivity contribution in [2.24, 2.45) is 16.8 Å². The zero-order valence-corrected chi connectivity index (χ0v) is 11.6. The summed E-state index contributed by atoms with van der Waals surface area (Å²) in [6, 6.07) is 7.58. The first-order valence-electron chi connectivity index (χ1n) is 7.16. The molecule has 0 amide bonds. The Hall–Kier alpha value is -1.59. The quantitative estimate of drug-likeness (QED) is 0.283. The summed E-state index contributed by atoms with van der Waals surface area (Å²) in [6.07, 6.45) is 4.25. The molecule has 0 bridgehead atoms. The molecular formula is C15H23N3O2. The number of nitrogens with one attached hydrogen (secondary N) is 1. The van der Waals surface area contributed by atoms with Gasteiger partial charge >= 0.3 is 0 Å². The van der Waals surface area contributed by atoms with Crippen LogP contribution in [-0.4, -0.2) is 28.8 Å². The highest BCUT2D eigenvalue weighted by atomic mass is 16.4. The molecule has 0 spiro atoms. The lowest BCUT2D eigenvalue weighted by Crippen LogP contribution is -2.33. The normalized spacial score (nSPS) is 23.8. The van der Waals surface area contributed by atoms with Crippen molar-refractivity contribution in [1.29, 1.82) is 0 Å². The van der Waals surface area contributed by atoms with Crippen LogP contribution in [0.3, 0.4) is 0 Å². The van der Waals surface area contributed by atoms with Crippen molar-refractivity contribution >= 4 is 5.84 Å². The molecular weight excluding hydrogens is 254 g/mol. The largest absolute Gasteiger partial charge is 0.409 e. The predicted octanol–water partition coefficient (Wildman–Crippen LogP) is 1.42. The summed E-state index contributed by atoms with van der Waals surface area (Å²) in [5, 5.41) is 24.9. The summed E-state index contributed by atoms with van der Waals surface area (Å²) >= 11 is 0. The van der Waals surface area contributed by atoms with Gasteiger partial charge in [-0.15, -0.1) is 0 Å². The number of amidine groups is 1. The Balaban J connectivity index is 1.79. The van der Waals surface area contributed by atoms with Crippen molar-refractivity contribution in [3.63, 3.8) is 0 Å². The maximum Gasteiger partial charge on any atom is 0.170 e. The Morgan fingerprint density at radius 1 is 1.25 bits per heavy atom. The number of rotatable bonds is 5. The molecule has 5 nitrogen and oxygen atoms in total. The lowest BCUT2D eigenvalue weighted by Gasteiger charge is -2.27. The Morgan fingerprint density at radius 2 is 1.95 bits per heavy atom. The van der Waals surface area contributed by atoms with Gasteiger partial charge in [-0.1, -0.05) is 42.3 Å². The second-order valence-electron chi connectivity index (χ2n) is 5.42. The maximum absolute atomic E-state index is 9.90. The van der Waals surface area contributed by atoms with Crippen molar-refractivity contribution in [3.8, 4) is 0 Å². The van der Waals surface area contributed by atoms with Crippen LogP contribution in [0, 0.1) is 5.92 Å². The van der Waals surface area contributed by atoms with Crippen LogP contribution in [-0.2, 0) is 6.54 Å². The van der Waals surface area contributed by atoms with Crippen molar-refractivity contribution in [3.05, 3.63) is 35.4 Å². The molecule has 2 unspecified atom stereocenters. The lowest BCUT2D eigenvalue weighted by atomic mass is 9.86. The molecule has 0 aliphatic heterocycles. The van der Waals surface area contributed by atoms with Gasteiger partial charge in [-0.2, -0.15) is 0 Å². The Labute approximate surface area is 119 Å². The Morgan fingerprint density at radius 3 is 2.60 bits per heavy atom. The Bertz CT molecular complexity index is 445. The van der Waals surface area contributed by atoms with Crippen LogP contribution >= 0.6 is 0 Å². The number of nitrogens with two attached hydrogens (primary N) is 1. The highest BCUT2D eigenvalue weighted by Crippen LogP contribution is 2.23. The Kier molecular flexibility index (Phi) is 5.38. The minimum atomic E-state index is -0.154. The number of aliphatic hydroxyl groups is 1. The first-order valence-corrected chi connectivity index (χ1v) is 7.16. The lowest BCUT2D eigenvalue weighted by molar-refractivity contribution is 0.0695. The van der Waals surface area contributed by atoms with Gasteiger partial charge in [-0.3, -0.25) is 0 Å². The fourth-order valence-electron chi connectivity index (χ4n) is 2.68. The van der Waals surface area contributed by atoms with Crippen LogP contribution in [0.5, 0.6) is 0 Å². The third kappa shape index (κ3) is 3.95. The fourth-order valence-corrected chi connectivity index (χ4v) is 2.68. The van der Waals surface area contributed by atoms with E-state index in [9.17, 15) is 5.11 Å². The molecule has 0 saturated heterocycles. The van der Waals surface area contributed by atoms with E-state index in [1.165, 1.54) is 6.42 Å². The van der Waals surface area contributed by atoms with E-state index in [2.05, 4.69) is 10.5 Å². The van der Waals surface area contributed by atoms with E-state index in [4.69, 9.17) is 10.9 Å². The van der Waals surface area contributed by atoms with Crippen LogP contribution in [0.1, 0.15) is 36.8 Å². The van der Waals surface area contributed by atoms with E-state index >= 15 is 0 Å². The molecule has 20 heavy (non-hydrogen) atoms. The molecule has 1 aromatic rings. The highest BCUT2D eigenvalue weighted by Gasteiger charge is 2.22. The zero-order chi connectivity index (χ0) is 14.4. The molecule has 0 heterocycles. The van der Waals surface area contributed by atoms with Gasteiger partial charge in [0.05, 0.1) is 6.10 Å². The predicted molar refractivity (Wildman–Crippen MR) is 78.6 cm³/mol. The van der Waals surface area contributed by atoms with E-state index in [1.54, 1.807) is 0 Å². The summed E-state index contributed by atoms with van der Waals surface area (Å²) in [5.74, 6) is 0.495. The minimum Gasteiger partial charge on any atom is -0.409 e. The molecule has 1 aliphatic carbocycles. The van der Waals surface area contributed by atoms with E-state index in [0.29, 0.717) is 11.5 Å². The molecule has 2 rings (SSSR count). The molecule has 1 aromatic carbocycles. The number of hydrogen-bond acceptors (Lipinski definition) is 4. The molecule has 1 aliphatic rings. The highest BCUT2D eigenvalue weighted by molar-refractivity contribution is 5.96. The van der Waals surface area contributed by atoms with Gasteiger partial charge in [0, 0.05) is 18.7 Å².